The first kappa shape index (κ1) is 15.1. The van der Waals surface area contributed by atoms with E-state index in [0.717, 1.165) is 5.56 Å². The monoisotopic (exact) mass is 334 g/mol. The molecule has 1 fully saturated rings. The van der Waals surface area contributed by atoms with Gasteiger partial charge in [-0.15, -0.1) is 11.3 Å². The van der Waals surface area contributed by atoms with Crippen LogP contribution in [0.2, 0.25) is 5.02 Å². The molecule has 1 aliphatic heterocycles. The Bertz CT molecular complexity index is 687. The van der Waals surface area contributed by atoms with Crippen molar-refractivity contribution in [2.24, 2.45) is 0 Å². The van der Waals surface area contributed by atoms with Crippen LogP contribution in [0.4, 0.5) is 0 Å². The quantitative estimate of drug-likeness (QED) is 0.934. The van der Waals surface area contributed by atoms with E-state index in [9.17, 15) is 9.59 Å². The Morgan fingerprint density at radius 3 is 2.86 bits per heavy atom. The highest BCUT2D eigenvalue weighted by atomic mass is 35.5. The molecule has 3 rings (SSSR count). The van der Waals surface area contributed by atoms with Crippen LogP contribution in [0.1, 0.15) is 21.7 Å². The van der Waals surface area contributed by atoms with E-state index >= 15 is 0 Å². The number of likely N-dealkylation sites (tertiary alicyclic amines) is 1. The SMILES string of the molecule is O=C(N[C@H]1CC(=O)N(Cc2ccccc2Cl)C1)c1cccs1. The summed E-state index contributed by atoms with van der Waals surface area (Å²) in [5, 5.41) is 5.43. The molecular weight excluding hydrogens is 320 g/mol. The van der Waals surface area contributed by atoms with Crippen molar-refractivity contribution in [2.45, 2.75) is 19.0 Å². The summed E-state index contributed by atoms with van der Waals surface area (Å²) in [6.45, 7) is 0.991. The highest BCUT2D eigenvalue weighted by Gasteiger charge is 2.31. The zero-order chi connectivity index (χ0) is 15.5. The minimum absolute atomic E-state index is 0.0383. The maximum atomic E-state index is 12.1. The van der Waals surface area contributed by atoms with Crippen molar-refractivity contribution in [3.8, 4) is 0 Å². The molecule has 22 heavy (non-hydrogen) atoms. The number of amides is 2. The van der Waals surface area contributed by atoms with Crippen molar-refractivity contribution >= 4 is 34.8 Å². The lowest BCUT2D eigenvalue weighted by molar-refractivity contribution is -0.128. The van der Waals surface area contributed by atoms with Gasteiger partial charge in [-0.2, -0.15) is 0 Å². The molecule has 2 amide bonds. The number of benzene rings is 1. The molecule has 0 radical (unpaired) electrons. The average Bonchev–Trinajstić information content (AvgIpc) is 3.12. The molecule has 2 heterocycles. The Morgan fingerprint density at radius 2 is 2.14 bits per heavy atom. The third-order valence-corrected chi connectivity index (χ3v) is 4.85. The Morgan fingerprint density at radius 1 is 1.32 bits per heavy atom. The van der Waals surface area contributed by atoms with Crippen LogP contribution in [0.5, 0.6) is 0 Å². The van der Waals surface area contributed by atoms with Gasteiger partial charge in [-0.25, -0.2) is 0 Å². The summed E-state index contributed by atoms with van der Waals surface area (Å²) in [5.74, 6) is -0.0798. The number of nitrogens with zero attached hydrogens (tertiary/aromatic N) is 1. The van der Waals surface area contributed by atoms with Crippen molar-refractivity contribution in [2.75, 3.05) is 6.54 Å². The molecule has 1 saturated heterocycles. The number of rotatable bonds is 4. The molecule has 6 heteroatoms. The highest BCUT2D eigenvalue weighted by Crippen LogP contribution is 2.21. The van der Waals surface area contributed by atoms with Crippen LogP contribution in [0.25, 0.3) is 0 Å². The van der Waals surface area contributed by atoms with Gasteiger partial charge in [-0.3, -0.25) is 9.59 Å². The number of halogens is 1. The Hall–Kier alpha value is -1.85. The zero-order valence-electron chi connectivity index (χ0n) is 11.8. The van der Waals surface area contributed by atoms with E-state index in [1.54, 1.807) is 11.0 Å². The molecule has 1 atom stereocenters. The minimum Gasteiger partial charge on any atom is -0.346 e. The average molecular weight is 335 g/mol. The number of hydrogen-bond acceptors (Lipinski definition) is 3. The van der Waals surface area contributed by atoms with E-state index in [1.165, 1.54) is 11.3 Å². The van der Waals surface area contributed by atoms with E-state index in [2.05, 4.69) is 5.32 Å². The first-order chi connectivity index (χ1) is 10.6. The fourth-order valence-corrected chi connectivity index (χ4v) is 3.34. The molecule has 1 N–H and O–H groups in total. The van der Waals surface area contributed by atoms with Gasteiger partial charge >= 0.3 is 0 Å². The van der Waals surface area contributed by atoms with E-state index in [4.69, 9.17) is 11.6 Å². The molecule has 0 unspecified atom stereocenters. The largest absolute Gasteiger partial charge is 0.346 e. The highest BCUT2D eigenvalue weighted by molar-refractivity contribution is 7.12. The predicted molar refractivity (Wildman–Crippen MR) is 87.1 cm³/mol. The third-order valence-electron chi connectivity index (χ3n) is 3.61. The number of thiophene rings is 1. The molecule has 114 valence electrons. The van der Waals surface area contributed by atoms with Crippen LogP contribution in [-0.4, -0.2) is 29.3 Å². The van der Waals surface area contributed by atoms with E-state index in [-0.39, 0.29) is 17.9 Å². The summed E-state index contributed by atoms with van der Waals surface area (Å²) >= 11 is 7.52. The normalized spacial score (nSPS) is 17.8. The van der Waals surface area contributed by atoms with Gasteiger partial charge in [0.2, 0.25) is 5.91 Å². The summed E-state index contributed by atoms with van der Waals surface area (Å²) in [5.41, 5.74) is 0.919. The smallest absolute Gasteiger partial charge is 0.261 e. The molecule has 1 aliphatic rings. The first-order valence-electron chi connectivity index (χ1n) is 6.99. The lowest BCUT2D eigenvalue weighted by Crippen LogP contribution is -2.36. The maximum absolute atomic E-state index is 12.1. The van der Waals surface area contributed by atoms with Crippen LogP contribution >= 0.6 is 22.9 Å². The fourth-order valence-electron chi connectivity index (χ4n) is 2.52. The second-order valence-corrected chi connectivity index (χ2v) is 6.57. The number of carbonyl (C=O) groups is 2. The fraction of sp³-hybridized carbons (Fsp3) is 0.250. The summed E-state index contributed by atoms with van der Waals surface area (Å²) in [4.78, 5) is 26.5. The molecular formula is C16H15ClN2O2S. The van der Waals surface area contributed by atoms with Crippen molar-refractivity contribution < 1.29 is 9.59 Å². The topological polar surface area (TPSA) is 49.4 Å². The molecule has 1 aromatic heterocycles. The van der Waals surface area contributed by atoms with Crippen molar-refractivity contribution in [3.05, 3.63) is 57.2 Å². The van der Waals surface area contributed by atoms with Crippen LogP contribution < -0.4 is 5.32 Å². The third kappa shape index (κ3) is 3.31. The maximum Gasteiger partial charge on any atom is 0.261 e. The summed E-state index contributed by atoms with van der Waals surface area (Å²) < 4.78 is 0. The second kappa shape index (κ2) is 6.50. The van der Waals surface area contributed by atoms with Crippen LogP contribution in [0.15, 0.2) is 41.8 Å². The van der Waals surface area contributed by atoms with Gasteiger partial charge in [-0.05, 0) is 23.1 Å². The lowest BCUT2D eigenvalue weighted by Gasteiger charge is -2.17. The standard InChI is InChI=1S/C16H15ClN2O2S/c17-13-5-2-1-4-11(13)9-19-10-12(8-15(19)20)18-16(21)14-6-3-7-22-14/h1-7,12H,8-10H2,(H,18,21)/t12-/m0/s1. The van der Waals surface area contributed by atoms with Crippen LogP contribution in [-0.2, 0) is 11.3 Å². The molecule has 0 bridgehead atoms. The van der Waals surface area contributed by atoms with Gasteiger partial charge in [0.25, 0.3) is 5.91 Å². The van der Waals surface area contributed by atoms with E-state index in [1.807, 2.05) is 35.7 Å². The molecule has 0 aliphatic carbocycles. The number of nitrogens with one attached hydrogen (secondary N) is 1. The van der Waals surface area contributed by atoms with Crippen molar-refractivity contribution in [1.29, 1.82) is 0 Å². The van der Waals surface area contributed by atoms with Gasteiger partial charge in [0.05, 0.1) is 10.9 Å². The number of hydrogen-bond donors (Lipinski definition) is 1. The number of carbonyl (C=O) groups excluding carboxylic acids is 2. The Labute approximate surface area is 137 Å². The molecule has 1 aromatic carbocycles. The Balaban J connectivity index is 1.61. The summed E-state index contributed by atoms with van der Waals surface area (Å²) in [6, 6.07) is 11.0. The summed E-state index contributed by atoms with van der Waals surface area (Å²) in [6.07, 6.45) is 0.335. The lowest BCUT2D eigenvalue weighted by atomic mass is 10.2. The molecule has 4 nitrogen and oxygen atoms in total. The van der Waals surface area contributed by atoms with Crippen molar-refractivity contribution in [3.63, 3.8) is 0 Å². The van der Waals surface area contributed by atoms with Crippen LogP contribution in [0, 0.1) is 0 Å². The second-order valence-electron chi connectivity index (χ2n) is 5.22. The molecule has 0 spiro atoms. The first-order valence-corrected chi connectivity index (χ1v) is 8.25. The predicted octanol–water partition coefficient (Wildman–Crippen LogP) is 2.93. The minimum atomic E-state index is -0.149. The zero-order valence-corrected chi connectivity index (χ0v) is 13.4. The van der Waals surface area contributed by atoms with Gasteiger partial charge in [0.1, 0.15) is 0 Å². The molecule has 0 saturated carbocycles. The summed E-state index contributed by atoms with van der Waals surface area (Å²) in [7, 11) is 0. The van der Waals surface area contributed by atoms with Crippen molar-refractivity contribution in [1.82, 2.24) is 10.2 Å². The van der Waals surface area contributed by atoms with E-state index in [0.29, 0.717) is 29.4 Å². The van der Waals surface area contributed by atoms with E-state index < -0.39 is 0 Å². The van der Waals surface area contributed by atoms with Gasteiger partial charge in [0, 0.05) is 24.5 Å². The molecule has 2 aromatic rings. The van der Waals surface area contributed by atoms with Gasteiger partial charge in [-0.1, -0.05) is 35.9 Å². The van der Waals surface area contributed by atoms with Gasteiger partial charge < -0.3 is 10.2 Å². The van der Waals surface area contributed by atoms with Crippen LogP contribution in [0.3, 0.4) is 0 Å². The Kier molecular flexibility index (Phi) is 4.45. The van der Waals surface area contributed by atoms with Gasteiger partial charge in [0.15, 0.2) is 0 Å².